The summed E-state index contributed by atoms with van der Waals surface area (Å²) in [5, 5.41) is 0. The number of halogens is 1. The third kappa shape index (κ3) is 2.38. The van der Waals surface area contributed by atoms with E-state index in [4.69, 9.17) is 0 Å². The summed E-state index contributed by atoms with van der Waals surface area (Å²) in [7, 11) is 0. The summed E-state index contributed by atoms with van der Waals surface area (Å²) in [5.74, 6) is 1.46. The summed E-state index contributed by atoms with van der Waals surface area (Å²) in [6, 6.07) is 9.57. The van der Waals surface area contributed by atoms with Gasteiger partial charge in [-0.1, -0.05) is 36.4 Å². The third-order valence-electron chi connectivity index (χ3n) is 6.85. The molecule has 1 aromatic rings. The molecule has 4 fully saturated rings. The molecule has 4 aliphatic rings. The van der Waals surface area contributed by atoms with Crippen LogP contribution in [0.15, 0.2) is 43.0 Å². The Morgan fingerprint density at radius 1 is 1.17 bits per heavy atom. The molecule has 0 N–H and O–H groups in total. The van der Waals surface area contributed by atoms with E-state index in [1.165, 1.54) is 0 Å². The van der Waals surface area contributed by atoms with Gasteiger partial charge in [0.05, 0.1) is 0 Å². The van der Waals surface area contributed by atoms with Crippen LogP contribution in [0.5, 0.6) is 0 Å². The molecule has 1 nitrogen and oxygen atoms in total. The van der Waals surface area contributed by atoms with Crippen molar-refractivity contribution in [2.24, 2.45) is 23.2 Å². The number of hydrogen-bond acceptors (Lipinski definition) is 1. The number of Topliss-reactive ketones (excluding diaryl/α,β-unsaturated/α-hetero) is 1. The number of allylic oxidation sites excluding steroid dienone is 1. The van der Waals surface area contributed by atoms with Gasteiger partial charge in [0.25, 0.3) is 0 Å². The fourth-order valence-electron chi connectivity index (χ4n) is 6.08. The minimum atomic E-state index is -0.947. The Balaban J connectivity index is 1.65. The molecule has 4 saturated carbocycles. The van der Waals surface area contributed by atoms with E-state index >= 15 is 4.39 Å². The van der Waals surface area contributed by atoms with Crippen LogP contribution < -0.4 is 0 Å². The highest BCUT2D eigenvalue weighted by molar-refractivity contribution is 5.96. The molecular weight excluding hydrogens is 287 g/mol. The van der Waals surface area contributed by atoms with Crippen molar-refractivity contribution >= 4 is 5.78 Å². The molecule has 5 rings (SSSR count). The largest absolute Gasteiger partial charge is 0.294 e. The predicted molar refractivity (Wildman–Crippen MR) is 90.0 cm³/mol. The van der Waals surface area contributed by atoms with Crippen molar-refractivity contribution in [3.05, 3.63) is 48.6 Å². The average molecular weight is 312 g/mol. The van der Waals surface area contributed by atoms with Gasteiger partial charge in [-0.3, -0.25) is 4.79 Å². The Kier molecular flexibility index (Phi) is 3.48. The van der Waals surface area contributed by atoms with Gasteiger partial charge in [0, 0.05) is 12.0 Å². The van der Waals surface area contributed by atoms with Crippen LogP contribution in [0, 0.1) is 23.2 Å². The first-order valence-corrected chi connectivity index (χ1v) is 8.93. The average Bonchev–Trinajstić information content (AvgIpc) is 2.52. The van der Waals surface area contributed by atoms with Crippen molar-refractivity contribution in [2.75, 3.05) is 0 Å². The first kappa shape index (κ1) is 15.1. The van der Waals surface area contributed by atoms with Gasteiger partial charge in [-0.05, 0) is 61.7 Å². The zero-order valence-corrected chi connectivity index (χ0v) is 13.6. The molecule has 0 heterocycles. The standard InChI is InChI=1S/C21H25FO/c1-2-8-21(14-19(23)16-6-4-3-5-7-16)17-9-15-10-18(21)13-20(22,11-15)12-17/h2-7,15,17-18H,1,8-14H2/t15?,17-,18+,20?,21?. The smallest absolute Gasteiger partial charge is 0.163 e. The van der Waals surface area contributed by atoms with Crippen LogP contribution in [0.3, 0.4) is 0 Å². The van der Waals surface area contributed by atoms with Gasteiger partial charge in [-0.25, -0.2) is 4.39 Å². The molecule has 5 atom stereocenters. The lowest BCUT2D eigenvalue weighted by molar-refractivity contribution is -0.158. The summed E-state index contributed by atoms with van der Waals surface area (Å²) in [6.45, 7) is 3.95. The maximum absolute atomic E-state index is 15.0. The van der Waals surface area contributed by atoms with Gasteiger partial charge in [0.2, 0.25) is 0 Å². The summed E-state index contributed by atoms with van der Waals surface area (Å²) in [5.41, 5.74) is -0.210. The minimum Gasteiger partial charge on any atom is -0.294 e. The van der Waals surface area contributed by atoms with Crippen LogP contribution in [0.25, 0.3) is 0 Å². The lowest BCUT2D eigenvalue weighted by atomic mass is 9.42. The molecule has 0 aromatic heterocycles. The Hall–Kier alpha value is -1.44. The summed E-state index contributed by atoms with van der Waals surface area (Å²) in [4.78, 5) is 12.9. The second-order valence-corrected chi connectivity index (χ2v) is 8.19. The van der Waals surface area contributed by atoms with E-state index in [1.807, 2.05) is 36.4 Å². The molecular formula is C21H25FO. The van der Waals surface area contributed by atoms with Crippen molar-refractivity contribution in [1.29, 1.82) is 0 Å². The molecule has 0 aliphatic heterocycles. The normalized spacial score (nSPS) is 41.0. The number of rotatable bonds is 5. The van der Waals surface area contributed by atoms with E-state index in [1.54, 1.807) is 0 Å². The SMILES string of the molecule is C=CCC1(CC(=O)c2ccccc2)[C@@H]2CC3C[C@H]1CC(F)(C3)C2. The van der Waals surface area contributed by atoms with Gasteiger partial charge in [-0.15, -0.1) is 6.58 Å². The van der Waals surface area contributed by atoms with Crippen LogP contribution in [0.2, 0.25) is 0 Å². The molecule has 0 saturated heterocycles. The zero-order valence-electron chi connectivity index (χ0n) is 13.6. The van der Waals surface area contributed by atoms with E-state index in [2.05, 4.69) is 6.58 Å². The molecule has 1 aromatic carbocycles. The fraction of sp³-hybridized carbons (Fsp3) is 0.571. The third-order valence-corrected chi connectivity index (χ3v) is 6.85. The van der Waals surface area contributed by atoms with Crippen molar-refractivity contribution in [1.82, 2.24) is 0 Å². The van der Waals surface area contributed by atoms with Gasteiger partial charge in [-0.2, -0.15) is 0 Å². The van der Waals surface area contributed by atoms with Gasteiger partial charge in [0.1, 0.15) is 5.67 Å². The van der Waals surface area contributed by atoms with Crippen molar-refractivity contribution in [2.45, 2.75) is 50.6 Å². The Morgan fingerprint density at radius 2 is 1.83 bits per heavy atom. The van der Waals surface area contributed by atoms with Gasteiger partial charge in [0.15, 0.2) is 5.78 Å². The Morgan fingerprint density at radius 3 is 2.39 bits per heavy atom. The van der Waals surface area contributed by atoms with Crippen LogP contribution in [0.4, 0.5) is 4.39 Å². The maximum atomic E-state index is 15.0. The molecule has 23 heavy (non-hydrogen) atoms. The molecule has 0 radical (unpaired) electrons. The second kappa shape index (κ2) is 5.29. The summed E-state index contributed by atoms with van der Waals surface area (Å²) >= 11 is 0. The monoisotopic (exact) mass is 312 g/mol. The van der Waals surface area contributed by atoms with E-state index in [-0.39, 0.29) is 11.2 Å². The molecule has 3 unspecified atom stereocenters. The van der Waals surface area contributed by atoms with Crippen LogP contribution >= 0.6 is 0 Å². The fourth-order valence-corrected chi connectivity index (χ4v) is 6.08. The predicted octanol–water partition coefficient (Wildman–Crippen LogP) is 5.37. The Labute approximate surface area is 138 Å². The van der Waals surface area contributed by atoms with E-state index in [0.717, 1.165) is 31.2 Å². The van der Waals surface area contributed by atoms with Crippen LogP contribution in [-0.4, -0.2) is 11.5 Å². The summed E-state index contributed by atoms with van der Waals surface area (Å²) < 4.78 is 15.0. The van der Waals surface area contributed by atoms with Crippen molar-refractivity contribution in [3.63, 3.8) is 0 Å². The molecule has 0 spiro atoms. The topological polar surface area (TPSA) is 17.1 Å². The zero-order chi connectivity index (χ0) is 16.1. The Bertz CT molecular complexity index is 604. The highest BCUT2D eigenvalue weighted by Crippen LogP contribution is 2.67. The molecule has 4 aliphatic carbocycles. The number of ketones is 1. The quantitative estimate of drug-likeness (QED) is 0.527. The highest BCUT2D eigenvalue weighted by Gasteiger charge is 2.62. The van der Waals surface area contributed by atoms with Gasteiger partial charge >= 0.3 is 0 Å². The highest BCUT2D eigenvalue weighted by atomic mass is 19.1. The van der Waals surface area contributed by atoms with E-state index in [0.29, 0.717) is 37.0 Å². The van der Waals surface area contributed by atoms with E-state index in [9.17, 15) is 4.79 Å². The number of hydrogen-bond donors (Lipinski definition) is 0. The molecule has 122 valence electrons. The number of alkyl halides is 1. The second-order valence-electron chi connectivity index (χ2n) is 8.19. The molecule has 2 heteroatoms. The van der Waals surface area contributed by atoms with Gasteiger partial charge < -0.3 is 0 Å². The lowest BCUT2D eigenvalue weighted by Gasteiger charge is -2.63. The maximum Gasteiger partial charge on any atom is 0.163 e. The van der Waals surface area contributed by atoms with Crippen LogP contribution in [0.1, 0.15) is 55.3 Å². The van der Waals surface area contributed by atoms with Crippen molar-refractivity contribution in [3.8, 4) is 0 Å². The van der Waals surface area contributed by atoms with E-state index < -0.39 is 5.67 Å². The molecule has 0 amide bonds. The van der Waals surface area contributed by atoms with Crippen molar-refractivity contribution < 1.29 is 9.18 Å². The number of carbonyl (C=O) groups excluding carboxylic acids is 1. The summed E-state index contributed by atoms with van der Waals surface area (Å²) in [6.07, 6.45) is 7.68. The number of benzene rings is 1. The van der Waals surface area contributed by atoms with Crippen LogP contribution in [-0.2, 0) is 0 Å². The lowest BCUT2D eigenvalue weighted by Crippen LogP contribution is -2.58. The first-order chi connectivity index (χ1) is 11.0. The first-order valence-electron chi connectivity index (χ1n) is 8.93. The number of carbonyl (C=O) groups is 1. The minimum absolute atomic E-state index is 0.0544. The molecule has 4 bridgehead atoms.